The van der Waals surface area contributed by atoms with Crippen LogP contribution in [0.3, 0.4) is 0 Å². The highest BCUT2D eigenvalue weighted by Gasteiger charge is 2.42. The number of nitrogens with two attached hydrogens (primary N) is 1. The van der Waals surface area contributed by atoms with Gasteiger partial charge in [0, 0.05) is 38.1 Å². The first-order valence-corrected chi connectivity index (χ1v) is 7.12. The van der Waals surface area contributed by atoms with Crippen molar-refractivity contribution in [1.29, 1.82) is 0 Å². The van der Waals surface area contributed by atoms with E-state index in [-0.39, 0.29) is 10.9 Å². The Bertz CT molecular complexity index is 473. The molecule has 20 heavy (non-hydrogen) atoms. The van der Waals surface area contributed by atoms with E-state index in [1.807, 2.05) is 18.2 Å². The fourth-order valence-electron chi connectivity index (χ4n) is 2.32. The molecule has 0 unspecified atom stereocenters. The maximum absolute atomic E-state index is 12.4. The zero-order valence-corrected chi connectivity index (χ0v) is 12.1. The molecule has 108 valence electrons. The van der Waals surface area contributed by atoms with Crippen molar-refractivity contribution in [3.05, 3.63) is 30.1 Å². The van der Waals surface area contributed by atoms with E-state index in [1.165, 1.54) is 0 Å². The van der Waals surface area contributed by atoms with Crippen LogP contribution < -0.4 is 11.1 Å². The van der Waals surface area contributed by atoms with E-state index < -0.39 is 5.41 Å². The molecule has 0 spiro atoms. The first-order valence-electron chi connectivity index (χ1n) is 6.71. The minimum Gasteiger partial charge on any atom is -0.392 e. The van der Waals surface area contributed by atoms with Crippen molar-refractivity contribution in [2.75, 3.05) is 19.8 Å². The van der Waals surface area contributed by atoms with Gasteiger partial charge in [-0.3, -0.25) is 9.78 Å². The van der Waals surface area contributed by atoms with Gasteiger partial charge in [0.15, 0.2) is 0 Å². The van der Waals surface area contributed by atoms with Gasteiger partial charge in [0.2, 0.25) is 5.91 Å². The van der Waals surface area contributed by atoms with E-state index in [4.69, 9.17) is 22.7 Å². The summed E-state index contributed by atoms with van der Waals surface area (Å²) in [6.07, 6.45) is 3.54. The van der Waals surface area contributed by atoms with Crippen LogP contribution in [0.4, 0.5) is 0 Å². The van der Waals surface area contributed by atoms with Crippen LogP contribution in [0.25, 0.3) is 0 Å². The lowest BCUT2D eigenvalue weighted by atomic mass is 9.79. The van der Waals surface area contributed by atoms with E-state index in [9.17, 15) is 4.79 Å². The van der Waals surface area contributed by atoms with Crippen molar-refractivity contribution >= 4 is 23.1 Å². The number of ether oxygens (including phenoxy) is 1. The molecular formula is C14H19N3O2S. The van der Waals surface area contributed by atoms with Crippen LogP contribution in [0.5, 0.6) is 0 Å². The molecule has 0 radical (unpaired) electrons. The molecule has 0 saturated carbocycles. The van der Waals surface area contributed by atoms with Crippen LogP contribution in [0.15, 0.2) is 24.4 Å². The number of hydrogen-bond donors (Lipinski definition) is 2. The summed E-state index contributed by atoms with van der Waals surface area (Å²) < 4.78 is 5.29. The monoisotopic (exact) mass is 293 g/mol. The SMILES string of the molecule is NC(=S)C1(C(=O)NCCc2ccccn2)CCOCC1. The van der Waals surface area contributed by atoms with Crippen LogP contribution in [-0.4, -0.2) is 35.6 Å². The molecule has 0 atom stereocenters. The Morgan fingerprint density at radius 2 is 2.20 bits per heavy atom. The van der Waals surface area contributed by atoms with Crippen LogP contribution in [0, 0.1) is 5.41 Å². The molecule has 6 heteroatoms. The normalized spacial score (nSPS) is 17.4. The van der Waals surface area contributed by atoms with Crippen LogP contribution in [0.2, 0.25) is 0 Å². The van der Waals surface area contributed by atoms with Gasteiger partial charge >= 0.3 is 0 Å². The third kappa shape index (κ3) is 3.32. The molecule has 1 aromatic rings. The Hall–Kier alpha value is -1.53. The zero-order valence-electron chi connectivity index (χ0n) is 11.3. The Morgan fingerprint density at radius 3 is 2.80 bits per heavy atom. The molecule has 0 bridgehead atoms. The minimum atomic E-state index is -0.752. The standard InChI is InChI=1S/C14H19N3O2S/c15-12(20)14(5-9-19-10-6-14)13(18)17-8-4-11-3-1-2-7-16-11/h1-3,7H,4-6,8-10H2,(H2,15,20)(H,17,18). The van der Waals surface area contributed by atoms with Gasteiger partial charge in [-0.25, -0.2) is 0 Å². The largest absolute Gasteiger partial charge is 0.392 e. The van der Waals surface area contributed by atoms with Crippen LogP contribution in [-0.2, 0) is 16.0 Å². The average molecular weight is 293 g/mol. The number of carbonyl (C=O) groups excluding carboxylic acids is 1. The van der Waals surface area contributed by atoms with Crippen molar-refractivity contribution in [2.45, 2.75) is 19.3 Å². The quantitative estimate of drug-likeness (QED) is 0.786. The van der Waals surface area contributed by atoms with E-state index in [0.29, 0.717) is 39.0 Å². The number of thiocarbonyl (C=S) groups is 1. The summed E-state index contributed by atoms with van der Waals surface area (Å²) in [5.74, 6) is -0.0933. The fourth-order valence-corrected chi connectivity index (χ4v) is 2.62. The molecule has 3 N–H and O–H groups in total. The molecule has 1 fully saturated rings. The third-order valence-electron chi connectivity index (χ3n) is 3.65. The molecular weight excluding hydrogens is 274 g/mol. The van der Waals surface area contributed by atoms with Gasteiger partial charge in [0.05, 0.1) is 4.99 Å². The fraction of sp³-hybridized carbons (Fsp3) is 0.500. The maximum Gasteiger partial charge on any atom is 0.233 e. The number of amides is 1. The molecule has 0 aliphatic carbocycles. The van der Waals surface area contributed by atoms with Crippen molar-refractivity contribution in [1.82, 2.24) is 10.3 Å². The lowest BCUT2D eigenvalue weighted by molar-refractivity contribution is -0.131. The third-order valence-corrected chi connectivity index (χ3v) is 4.04. The molecule has 1 aliphatic rings. The van der Waals surface area contributed by atoms with Crippen LogP contribution in [0.1, 0.15) is 18.5 Å². The van der Waals surface area contributed by atoms with Gasteiger partial charge in [0.1, 0.15) is 5.41 Å². The first kappa shape index (κ1) is 14.9. The summed E-state index contributed by atoms with van der Waals surface area (Å²) in [6, 6.07) is 5.73. The molecule has 0 aromatic carbocycles. The lowest BCUT2D eigenvalue weighted by Crippen LogP contribution is -2.52. The molecule has 1 aliphatic heterocycles. The lowest BCUT2D eigenvalue weighted by Gasteiger charge is -2.34. The number of rotatable bonds is 5. The second-order valence-electron chi connectivity index (χ2n) is 4.89. The van der Waals surface area contributed by atoms with Gasteiger partial charge in [-0.15, -0.1) is 0 Å². The van der Waals surface area contributed by atoms with Crippen molar-refractivity contribution in [2.24, 2.45) is 11.1 Å². The van der Waals surface area contributed by atoms with Crippen molar-refractivity contribution in [3.63, 3.8) is 0 Å². The Balaban J connectivity index is 1.91. The summed E-state index contributed by atoms with van der Waals surface area (Å²) in [6.45, 7) is 1.57. The predicted molar refractivity (Wildman–Crippen MR) is 80.2 cm³/mol. The molecule has 2 rings (SSSR count). The van der Waals surface area contributed by atoms with Gasteiger partial charge in [-0.1, -0.05) is 18.3 Å². The Morgan fingerprint density at radius 1 is 1.45 bits per heavy atom. The summed E-state index contributed by atoms with van der Waals surface area (Å²) in [5.41, 5.74) is 5.98. The number of nitrogens with one attached hydrogen (secondary N) is 1. The summed E-state index contributed by atoms with van der Waals surface area (Å²) in [5, 5.41) is 2.92. The molecule has 1 aromatic heterocycles. The number of pyridine rings is 1. The highest BCUT2D eigenvalue weighted by atomic mass is 32.1. The topological polar surface area (TPSA) is 77.2 Å². The number of hydrogen-bond acceptors (Lipinski definition) is 4. The van der Waals surface area contributed by atoms with Gasteiger partial charge in [0.25, 0.3) is 0 Å². The van der Waals surface area contributed by atoms with Crippen LogP contribution >= 0.6 is 12.2 Å². The van der Waals surface area contributed by atoms with E-state index >= 15 is 0 Å². The molecule has 1 saturated heterocycles. The maximum atomic E-state index is 12.4. The summed E-state index contributed by atoms with van der Waals surface area (Å²) in [4.78, 5) is 16.9. The highest BCUT2D eigenvalue weighted by molar-refractivity contribution is 7.80. The minimum absolute atomic E-state index is 0.0933. The Labute approximate surface area is 123 Å². The second kappa shape index (κ2) is 6.76. The van der Waals surface area contributed by atoms with E-state index in [2.05, 4.69) is 10.3 Å². The van der Waals surface area contributed by atoms with E-state index in [0.717, 1.165) is 5.69 Å². The van der Waals surface area contributed by atoms with Crippen molar-refractivity contribution < 1.29 is 9.53 Å². The zero-order chi connectivity index (χ0) is 14.4. The number of nitrogens with zero attached hydrogens (tertiary/aromatic N) is 1. The first-order chi connectivity index (χ1) is 9.65. The van der Waals surface area contributed by atoms with Gasteiger partial charge < -0.3 is 15.8 Å². The van der Waals surface area contributed by atoms with Gasteiger partial charge in [-0.05, 0) is 25.0 Å². The van der Waals surface area contributed by atoms with Crippen molar-refractivity contribution in [3.8, 4) is 0 Å². The Kier molecular flexibility index (Phi) is 5.03. The molecule has 5 nitrogen and oxygen atoms in total. The number of aromatic nitrogens is 1. The highest BCUT2D eigenvalue weighted by Crippen LogP contribution is 2.31. The molecule has 2 heterocycles. The second-order valence-corrected chi connectivity index (χ2v) is 5.33. The number of carbonyl (C=O) groups is 1. The van der Waals surface area contributed by atoms with E-state index in [1.54, 1.807) is 6.20 Å². The average Bonchev–Trinajstić information content (AvgIpc) is 2.48. The van der Waals surface area contributed by atoms with Gasteiger partial charge in [-0.2, -0.15) is 0 Å². The summed E-state index contributed by atoms with van der Waals surface area (Å²) >= 11 is 5.10. The smallest absolute Gasteiger partial charge is 0.233 e. The predicted octanol–water partition coefficient (Wildman–Crippen LogP) is 0.823. The summed E-state index contributed by atoms with van der Waals surface area (Å²) in [7, 11) is 0. The molecule has 1 amide bonds.